The summed E-state index contributed by atoms with van der Waals surface area (Å²) in [6.45, 7) is 4.68. The molecule has 3 amide bonds. The van der Waals surface area contributed by atoms with Gasteiger partial charge in [-0.2, -0.15) is 0 Å². The molecule has 0 radical (unpaired) electrons. The molecule has 1 aliphatic heterocycles. The number of nitrogens with one attached hydrogen (secondary N) is 2. The minimum atomic E-state index is -0.238. The molecule has 2 N–H and O–H groups in total. The van der Waals surface area contributed by atoms with Crippen LogP contribution in [-0.4, -0.2) is 24.5 Å². The molecule has 108 valence electrons. The summed E-state index contributed by atoms with van der Waals surface area (Å²) in [5.74, 6) is 0.113. The molecule has 0 bridgehead atoms. The van der Waals surface area contributed by atoms with Crippen LogP contribution in [0.1, 0.15) is 33.1 Å². The third-order valence-electron chi connectivity index (χ3n) is 3.51. The molecule has 1 heterocycles. The van der Waals surface area contributed by atoms with Crippen molar-refractivity contribution >= 4 is 23.3 Å². The average Bonchev–Trinajstić information content (AvgIpc) is 2.85. The third-order valence-corrected chi connectivity index (χ3v) is 3.51. The van der Waals surface area contributed by atoms with Crippen LogP contribution in [0, 0.1) is 0 Å². The first-order valence-corrected chi connectivity index (χ1v) is 7.08. The number of carbonyl (C=O) groups excluding carboxylic acids is 2. The van der Waals surface area contributed by atoms with Crippen molar-refractivity contribution in [3.05, 3.63) is 24.3 Å². The smallest absolute Gasteiger partial charge is 0.319 e. The molecule has 1 aliphatic rings. The summed E-state index contributed by atoms with van der Waals surface area (Å²) >= 11 is 0. The van der Waals surface area contributed by atoms with Gasteiger partial charge in [-0.3, -0.25) is 4.79 Å². The first-order valence-electron chi connectivity index (χ1n) is 7.08. The number of benzene rings is 1. The minimum absolute atomic E-state index is 0.113. The van der Waals surface area contributed by atoms with E-state index in [0.29, 0.717) is 18.7 Å². The molecule has 1 atom stereocenters. The highest BCUT2D eigenvalue weighted by molar-refractivity contribution is 6.01. The van der Waals surface area contributed by atoms with E-state index in [2.05, 4.69) is 10.6 Å². The number of urea groups is 1. The van der Waals surface area contributed by atoms with Gasteiger partial charge >= 0.3 is 6.03 Å². The maximum Gasteiger partial charge on any atom is 0.319 e. The zero-order valence-corrected chi connectivity index (χ0v) is 12.0. The van der Waals surface area contributed by atoms with E-state index in [9.17, 15) is 9.59 Å². The summed E-state index contributed by atoms with van der Waals surface area (Å²) < 4.78 is 0. The zero-order chi connectivity index (χ0) is 14.5. The zero-order valence-electron chi connectivity index (χ0n) is 12.0. The minimum Gasteiger partial charge on any atom is -0.335 e. The van der Waals surface area contributed by atoms with Gasteiger partial charge in [-0.1, -0.05) is 19.1 Å². The van der Waals surface area contributed by atoms with Crippen LogP contribution in [0.5, 0.6) is 0 Å². The third kappa shape index (κ3) is 3.29. The quantitative estimate of drug-likeness (QED) is 0.887. The van der Waals surface area contributed by atoms with Crippen molar-refractivity contribution in [1.29, 1.82) is 0 Å². The van der Waals surface area contributed by atoms with Gasteiger partial charge in [0, 0.05) is 19.0 Å². The lowest BCUT2D eigenvalue weighted by Crippen LogP contribution is -2.36. The molecular weight excluding hydrogens is 254 g/mol. The van der Waals surface area contributed by atoms with E-state index in [1.165, 1.54) is 0 Å². The fourth-order valence-electron chi connectivity index (χ4n) is 2.20. The standard InChI is InChI=1S/C15H21N3O2/c1-3-11(2)16-15(20)17-12-7-4-5-8-13(12)18-10-6-9-14(18)19/h4-5,7-8,11H,3,6,9-10H2,1-2H3,(H2,16,17,20). The largest absolute Gasteiger partial charge is 0.335 e. The highest BCUT2D eigenvalue weighted by atomic mass is 16.2. The molecule has 2 rings (SSSR count). The second-order valence-corrected chi connectivity index (χ2v) is 5.07. The molecule has 1 unspecified atom stereocenters. The van der Waals surface area contributed by atoms with Crippen molar-refractivity contribution in [3.8, 4) is 0 Å². The van der Waals surface area contributed by atoms with Crippen molar-refractivity contribution in [3.63, 3.8) is 0 Å². The molecule has 0 aromatic heterocycles. The van der Waals surface area contributed by atoms with Crippen LogP contribution < -0.4 is 15.5 Å². The topological polar surface area (TPSA) is 61.4 Å². The Hall–Kier alpha value is -2.04. The highest BCUT2D eigenvalue weighted by Crippen LogP contribution is 2.29. The molecule has 0 saturated carbocycles. The summed E-state index contributed by atoms with van der Waals surface area (Å²) in [6.07, 6.45) is 2.32. The van der Waals surface area contributed by atoms with Crippen LogP contribution in [-0.2, 0) is 4.79 Å². The summed E-state index contributed by atoms with van der Waals surface area (Å²) in [5.41, 5.74) is 1.44. The number of carbonyl (C=O) groups is 2. The van der Waals surface area contributed by atoms with Gasteiger partial charge in [0.05, 0.1) is 11.4 Å². The molecule has 20 heavy (non-hydrogen) atoms. The molecule has 1 fully saturated rings. The second kappa shape index (κ2) is 6.41. The van der Waals surface area contributed by atoms with Gasteiger partial charge in [0.15, 0.2) is 0 Å². The van der Waals surface area contributed by atoms with Crippen LogP contribution in [0.2, 0.25) is 0 Å². The summed E-state index contributed by atoms with van der Waals surface area (Å²) in [6, 6.07) is 7.29. The predicted molar refractivity (Wildman–Crippen MR) is 79.9 cm³/mol. The molecule has 0 aliphatic carbocycles. The Bertz CT molecular complexity index is 502. The summed E-state index contributed by atoms with van der Waals surface area (Å²) in [5, 5.41) is 5.68. The molecule has 1 saturated heterocycles. The van der Waals surface area contributed by atoms with Gasteiger partial charge in [0.25, 0.3) is 0 Å². The van der Waals surface area contributed by atoms with Crippen LogP contribution in [0.15, 0.2) is 24.3 Å². The number of rotatable bonds is 4. The van der Waals surface area contributed by atoms with Crippen LogP contribution in [0.4, 0.5) is 16.2 Å². The molecule has 5 heteroatoms. The van der Waals surface area contributed by atoms with E-state index >= 15 is 0 Å². The summed E-state index contributed by atoms with van der Waals surface area (Å²) in [4.78, 5) is 25.5. The highest BCUT2D eigenvalue weighted by Gasteiger charge is 2.24. The Morgan fingerprint density at radius 1 is 1.40 bits per heavy atom. The monoisotopic (exact) mass is 275 g/mol. The fraction of sp³-hybridized carbons (Fsp3) is 0.467. The van der Waals surface area contributed by atoms with Gasteiger partial charge in [0.1, 0.15) is 0 Å². The molecule has 1 aromatic carbocycles. The first-order chi connectivity index (χ1) is 9.61. The number of anilines is 2. The maximum atomic E-state index is 11.9. The van der Waals surface area contributed by atoms with Crippen molar-refractivity contribution < 1.29 is 9.59 Å². The Morgan fingerprint density at radius 2 is 2.15 bits per heavy atom. The Morgan fingerprint density at radius 3 is 2.80 bits per heavy atom. The number of nitrogens with zero attached hydrogens (tertiary/aromatic N) is 1. The normalized spacial score (nSPS) is 16.1. The number of para-hydroxylation sites is 2. The maximum absolute atomic E-state index is 11.9. The van der Waals surface area contributed by atoms with Crippen LogP contribution in [0.3, 0.4) is 0 Å². The van der Waals surface area contributed by atoms with Crippen molar-refractivity contribution in [2.45, 2.75) is 39.2 Å². The first kappa shape index (κ1) is 14.4. The van der Waals surface area contributed by atoms with Gasteiger partial charge in [0.2, 0.25) is 5.91 Å². The molecule has 5 nitrogen and oxygen atoms in total. The van der Waals surface area contributed by atoms with E-state index in [-0.39, 0.29) is 18.0 Å². The van der Waals surface area contributed by atoms with E-state index in [1.54, 1.807) is 4.90 Å². The molecule has 1 aromatic rings. The predicted octanol–water partition coefficient (Wildman–Crippen LogP) is 2.73. The van der Waals surface area contributed by atoms with Gasteiger partial charge in [-0.25, -0.2) is 4.79 Å². The summed E-state index contributed by atoms with van der Waals surface area (Å²) in [7, 11) is 0. The molecular formula is C15H21N3O2. The Labute approximate surface area is 119 Å². The lowest BCUT2D eigenvalue weighted by molar-refractivity contribution is -0.117. The molecule has 0 spiro atoms. The van der Waals surface area contributed by atoms with E-state index in [4.69, 9.17) is 0 Å². The fourth-order valence-corrected chi connectivity index (χ4v) is 2.20. The lowest BCUT2D eigenvalue weighted by Gasteiger charge is -2.20. The van der Waals surface area contributed by atoms with E-state index in [0.717, 1.165) is 18.5 Å². The Balaban J connectivity index is 2.12. The average molecular weight is 275 g/mol. The Kier molecular flexibility index (Phi) is 4.61. The van der Waals surface area contributed by atoms with Crippen LogP contribution in [0.25, 0.3) is 0 Å². The van der Waals surface area contributed by atoms with Gasteiger partial charge in [-0.05, 0) is 31.9 Å². The van der Waals surface area contributed by atoms with Crippen molar-refractivity contribution in [1.82, 2.24) is 5.32 Å². The van der Waals surface area contributed by atoms with Gasteiger partial charge in [-0.15, -0.1) is 0 Å². The van der Waals surface area contributed by atoms with Crippen molar-refractivity contribution in [2.75, 3.05) is 16.8 Å². The van der Waals surface area contributed by atoms with Crippen LogP contribution >= 0.6 is 0 Å². The second-order valence-electron chi connectivity index (χ2n) is 5.07. The number of hydrogen-bond donors (Lipinski definition) is 2. The van der Waals surface area contributed by atoms with E-state index < -0.39 is 0 Å². The van der Waals surface area contributed by atoms with E-state index in [1.807, 2.05) is 38.1 Å². The lowest BCUT2D eigenvalue weighted by atomic mass is 10.2. The van der Waals surface area contributed by atoms with Crippen molar-refractivity contribution in [2.24, 2.45) is 0 Å². The van der Waals surface area contributed by atoms with Gasteiger partial charge < -0.3 is 15.5 Å². The number of hydrogen-bond acceptors (Lipinski definition) is 2. The SMILES string of the molecule is CCC(C)NC(=O)Nc1ccccc1N1CCCC1=O. The number of amides is 3.